The molecule has 2 amide bonds. The fourth-order valence-corrected chi connectivity index (χ4v) is 3.23. The van der Waals surface area contributed by atoms with Crippen molar-refractivity contribution in [1.29, 1.82) is 0 Å². The van der Waals surface area contributed by atoms with Crippen molar-refractivity contribution in [3.63, 3.8) is 0 Å². The third-order valence-corrected chi connectivity index (χ3v) is 4.88. The van der Waals surface area contributed by atoms with Crippen LogP contribution in [0.15, 0.2) is 47.4 Å². The summed E-state index contributed by atoms with van der Waals surface area (Å²) < 4.78 is 5.44. The highest BCUT2D eigenvalue weighted by molar-refractivity contribution is 5.74. The smallest absolute Gasteiger partial charge is 0.410 e. The normalized spacial score (nSPS) is 18.0. The van der Waals surface area contributed by atoms with E-state index in [0.717, 1.165) is 16.7 Å². The Kier molecular flexibility index (Phi) is 5.59. The van der Waals surface area contributed by atoms with Crippen molar-refractivity contribution in [1.82, 2.24) is 9.88 Å². The number of primary amides is 1. The minimum atomic E-state index is -0.385. The van der Waals surface area contributed by atoms with E-state index in [1.165, 1.54) is 6.07 Å². The van der Waals surface area contributed by atoms with E-state index in [0.29, 0.717) is 19.4 Å². The first-order chi connectivity index (χ1) is 12.9. The summed E-state index contributed by atoms with van der Waals surface area (Å²) >= 11 is 0. The van der Waals surface area contributed by atoms with Gasteiger partial charge >= 0.3 is 6.09 Å². The summed E-state index contributed by atoms with van der Waals surface area (Å²) in [6, 6.07) is 11.0. The van der Waals surface area contributed by atoms with Crippen LogP contribution in [-0.2, 0) is 9.53 Å². The van der Waals surface area contributed by atoms with Crippen LogP contribution in [0.1, 0.15) is 37.8 Å². The number of rotatable bonds is 6. The number of nitrogens with zero attached hydrogens (tertiary/aromatic N) is 1. The van der Waals surface area contributed by atoms with E-state index in [-0.39, 0.29) is 36.1 Å². The van der Waals surface area contributed by atoms with Crippen molar-refractivity contribution in [2.45, 2.75) is 38.3 Å². The first-order valence-corrected chi connectivity index (χ1v) is 8.98. The average Bonchev–Trinajstić information content (AvgIpc) is 2.67. The Morgan fingerprint density at radius 2 is 1.93 bits per heavy atom. The molecule has 3 rings (SSSR count). The predicted molar refractivity (Wildman–Crippen MR) is 101 cm³/mol. The van der Waals surface area contributed by atoms with Crippen LogP contribution in [0.25, 0.3) is 11.1 Å². The molecule has 2 unspecified atom stereocenters. The lowest BCUT2D eigenvalue weighted by molar-refractivity contribution is -0.118. The Morgan fingerprint density at radius 1 is 1.22 bits per heavy atom. The minimum absolute atomic E-state index is 0.126. The van der Waals surface area contributed by atoms with E-state index < -0.39 is 0 Å². The lowest BCUT2D eigenvalue weighted by Gasteiger charge is -2.35. The van der Waals surface area contributed by atoms with Gasteiger partial charge in [-0.05, 0) is 36.1 Å². The zero-order chi connectivity index (χ0) is 19.4. The lowest BCUT2D eigenvalue weighted by atomic mass is 10.0. The van der Waals surface area contributed by atoms with E-state index in [9.17, 15) is 14.4 Å². The molecular formula is C20H23N3O4. The van der Waals surface area contributed by atoms with E-state index in [1.54, 1.807) is 17.2 Å². The van der Waals surface area contributed by atoms with Gasteiger partial charge in [-0.2, -0.15) is 0 Å². The van der Waals surface area contributed by atoms with Crippen LogP contribution in [0.5, 0.6) is 0 Å². The van der Waals surface area contributed by atoms with Gasteiger partial charge < -0.3 is 20.4 Å². The number of aromatic amines is 1. The molecule has 0 spiro atoms. The Bertz CT molecular complexity index is 855. The van der Waals surface area contributed by atoms with E-state index in [2.05, 4.69) is 4.98 Å². The molecule has 0 radical (unpaired) electrons. The fraction of sp³-hybridized carbons (Fsp3) is 0.350. The maximum absolute atomic E-state index is 12.3. The molecule has 2 atom stereocenters. The van der Waals surface area contributed by atoms with E-state index in [1.807, 2.05) is 31.2 Å². The highest BCUT2D eigenvalue weighted by atomic mass is 16.6. The van der Waals surface area contributed by atoms with Gasteiger partial charge in [0.05, 0.1) is 6.04 Å². The number of pyridine rings is 1. The molecule has 0 saturated carbocycles. The monoisotopic (exact) mass is 369 g/mol. The van der Waals surface area contributed by atoms with Crippen molar-refractivity contribution < 1.29 is 14.3 Å². The number of carbonyl (C=O) groups excluding carboxylic acids is 2. The number of amides is 2. The predicted octanol–water partition coefficient (Wildman–Crippen LogP) is 2.58. The topological polar surface area (TPSA) is 105 Å². The van der Waals surface area contributed by atoms with Gasteiger partial charge in [0.2, 0.25) is 11.5 Å². The van der Waals surface area contributed by atoms with Gasteiger partial charge in [0.15, 0.2) is 0 Å². The average molecular weight is 369 g/mol. The Hall–Kier alpha value is -3.09. The largest absolute Gasteiger partial charge is 0.446 e. The molecule has 1 aliphatic heterocycles. The number of H-pyrrole nitrogens is 1. The highest BCUT2D eigenvalue weighted by Crippen LogP contribution is 2.28. The van der Waals surface area contributed by atoms with Crippen LogP contribution in [0.4, 0.5) is 4.79 Å². The molecule has 2 aromatic rings. The number of nitrogens with one attached hydrogen (secondary N) is 1. The van der Waals surface area contributed by atoms with Gasteiger partial charge in [0.1, 0.15) is 6.10 Å². The first kappa shape index (κ1) is 18.7. The van der Waals surface area contributed by atoms with Crippen LogP contribution in [0.2, 0.25) is 0 Å². The molecule has 1 fully saturated rings. The molecular weight excluding hydrogens is 346 g/mol. The summed E-state index contributed by atoms with van der Waals surface area (Å²) in [5.41, 5.74) is 7.91. The van der Waals surface area contributed by atoms with Gasteiger partial charge in [0, 0.05) is 31.6 Å². The molecule has 7 heteroatoms. The Labute approximate surface area is 157 Å². The third kappa shape index (κ3) is 4.55. The van der Waals surface area contributed by atoms with Gasteiger partial charge in [0.25, 0.3) is 0 Å². The second-order valence-electron chi connectivity index (χ2n) is 6.73. The van der Waals surface area contributed by atoms with Crippen LogP contribution in [-0.4, -0.2) is 34.5 Å². The summed E-state index contributed by atoms with van der Waals surface area (Å²) in [5.74, 6) is -0.385. The summed E-state index contributed by atoms with van der Waals surface area (Å²) in [6.07, 6.45) is 2.43. The molecule has 1 saturated heterocycles. The molecule has 27 heavy (non-hydrogen) atoms. The third-order valence-electron chi connectivity index (χ3n) is 4.88. The SMILES string of the molecule is CC(c1ccc(-c2ccc(=O)[nH]c2)cc1)N1CCC(CCC(N)=O)OC1=O. The standard InChI is InChI=1S/C20H23N3O4/c1-13(23-11-10-17(27-20(23)26)7-8-18(21)24)14-2-4-15(5-3-14)16-6-9-19(25)22-12-16/h2-6,9,12-13,17H,7-8,10-11H2,1H3,(H2,21,24)(H,22,25). The highest BCUT2D eigenvalue weighted by Gasteiger charge is 2.30. The van der Waals surface area contributed by atoms with Crippen LogP contribution < -0.4 is 11.3 Å². The molecule has 1 aromatic carbocycles. The number of benzene rings is 1. The van der Waals surface area contributed by atoms with Crippen molar-refractivity contribution in [3.8, 4) is 11.1 Å². The molecule has 2 heterocycles. The number of hydrogen-bond acceptors (Lipinski definition) is 4. The number of hydrogen-bond donors (Lipinski definition) is 2. The molecule has 7 nitrogen and oxygen atoms in total. The number of carbonyl (C=O) groups is 2. The quantitative estimate of drug-likeness (QED) is 0.816. The minimum Gasteiger partial charge on any atom is -0.446 e. The summed E-state index contributed by atoms with van der Waals surface area (Å²) in [7, 11) is 0. The van der Waals surface area contributed by atoms with E-state index in [4.69, 9.17) is 10.5 Å². The maximum atomic E-state index is 12.3. The van der Waals surface area contributed by atoms with Crippen LogP contribution in [0, 0.1) is 0 Å². The van der Waals surface area contributed by atoms with Crippen LogP contribution in [0.3, 0.4) is 0 Å². The molecule has 0 aliphatic carbocycles. The summed E-state index contributed by atoms with van der Waals surface area (Å²) in [6.45, 7) is 2.53. The first-order valence-electron chi connectivity index (χ1n) is 8.98. The number of ether oxygens (including phenoxy) is 1. The second kappa shape index (κ2) is 8.07. The lowest BCUT2D eigenvalue weighted by Crippen LogP contribution is -2.43. The second-order valence-corrected chi connectivity index (χ2v) is 6.73. The van der Waals surface area contributed by atoms with Crippen molar-refractivity contribution in [3.05, 3.63) is 58.5 Å². The molecule has 1 aliphatic rings. The van der Waals surface area contributed by atoms with Crippen LogP contribution >= 0.6 is 0 Å². The number of cyclic esters (lactones) is 1. The zero-order valence-corrected chi connectivity index (χ0v) is 15.2. The zero-order valence-electron chi connectivity index (χ0n) is 15.2. The van der Waals surface area contributed by atoms with Crippen molar-refractivity contribution >= 4 is 12.0 Å². The van der Waals surface area contributed by atoms with E-state index >= 15 is 0 Å². The summed E-state index contributed by atoms with van der Waals surface area (Å²) in [4.78, 5) is 38.7. The Balaban J connectivity index is 1.64. The van der Waals surface area contributed by atoms with Gasteiger partial charge in [-0.25, -0.2) is 4.79 Å². The van der Waals surface area contributed by atoms with Crippen molar-refractivity contribution in [2.75, 3.05) is 6.54 Å². The Morgan fingerprint density at radius 3 is 2.52 bits per heavy atom. The molecule has 0 bridgehead atoms. The molecule has 1 aromatic heterocycles. The summed E-state index contributed by atoms with van der Waals surface area (Å²) in [5, 5.41) is 0. The molecule has 3 N–H and O–H groups in total. The maximum Gasteiger partial charge on any atom is 0.410 e. The van der Waals surface area contributed by atoms with Gasteiger partial charge in [-0.1, -0.05) is 24.3 Å². The van der Waals surface area contributed by atoms with Crippen molar-refractivity contribution in [2.24, 2.45) is 5.73 Å². The number of nitrogens with two attached hydrogens (primary N) is 1. The van der Waals surface area contributed by atoms with Gasteiger partial charge in [-0.3, -0.25) is 9.59 Å². The number of aromatic nitrogens is 1. The molecule has 142 valence electrons. The fourth-order valence-electron chi connectivity index (χ4n) is 3.23. The van der Waals surface area contributed by atoms with Gasteiger partial charge in [-0.15, -0.1) is 0 Å².